The lowest BCUT2D eigenvalue weighted by Crippen LogP contribution is -2.47. The maximum atomic E-state index is 11.6. The molecule has 0 saturated carbocycles. The number of anilines is 2. The number of hydrogen-bond donors (Lipinski definition) is 2. The van der Waals surface area contributed by atoms with Crippen LogP contribution in [0.25, 0.3) is 0 Å². The highest BCUT2D eigenvalue weighted by Crippen LogP contribution is 2.31. The number of amides is 1. The lowest BCUT2D eigenvalue weighted by atomic mass is 10.1. The molecule has 2 rings (SSSR count). The summed E-state index contributed by atoms with van der Waals surface area (Å²) in [5.74, 6) is -0.452. The van der Waals surface area contributed by atoms with Crippen LogP contribution in [0.1, 0.15) is 17.3 Å². The molecule has 1 aromatic carbocycles. The van der Waals surface area contributed by atoms with Crippen LogP contribution in [0.5, 0.6) is 0 Å². The highest BCUT2D eigenvalue weighted by atomic mass is 32.2. The third-order valence-electron chi connectivity index (χ3n) is 3.29. The van der Waals surface area contributed by atoms with Crippen LogP contribution in [0.15, 0.2) is 18.2 Å². The van der Waals surface area contributed by atoms with Crippen LogP contribution in [0.2, 0.25) is 0 Å². The van der Waals surface area contributed by atoms with Gasteiger partial charge in [-0.1, -0.05) is 6.07 Å². The zero-order valence-corrected chi connectivity index (χ0v) is 11.5. The molecule has 1 heterocycles. The van der Waals surface area contributed by atoms with Crippen LogP contribution in [0.4, 0.5) is 11.4 Å². The first kappa shape index (κ1) is 13.7. The standard InChI is InChI=1S/C12H17N3O3S/c1-8-7-19(17,18)6-5-15(8)11-9(12(14)16)3-2-4-10(11)13/h2-4,8H,5-7,13H2,1H3,(H2,14,16). The molecular formula is C12H17N3O3S. The SMILES string of the molecule is CC1CS(=O)(=O)CCN1c1c(N)cccc1C(N)=O. The van der Waals surface area contributed by atoms with E-state index in [-0.39, 0.29) is 17.5 Å². The molecule has 6 nitrogen and oxygen atoms in total. The zero-order valence-electron chi connectivity index (χ0n) is 10.7. The topological polar surface area (TPSA) is 106 Å². The predicted molar refractivity (Wildman–Crippen MR) is 74.8 cm³/mol. The summed E-state index contributed by atoms with van der Waals surface area (Å²) >= 11 is 0. The van der Waals surface area contributed by atoms with Gasteiger partial charge >= 0.3 is 0 Å². The monoisotopic (exact) mass is 283 g/mol. The van der Waals surface area contributed by atoms with Crippen LogP contribution < -0.4 is 16.4 Å². The molecule has 7 heteroatoms. The summed E-state index contributed by atoms with van der Waals surface area (Å²) in [7, 11) is -3.02. The highest BCUT2D eigenvalue weighted by Gasteiger charge is 2.31. The second kappa shape index (κ2) is 4.73. The Kier molecular flexibility index (Phi) is 3.40. The Morgan fingerprint density at radius 1 is 1.42 bits per heavy atom. The minimum atomic E-state index is -3.02. The first-order valence-corrected chi connectivity index (χ1v) is 7.79. The van der Waals surface area contributed by atoms with Crippen molar-refractivity contribution in [2.75, 3.05) is 28.7 Å². The highest BCUT2D eigenvalue weighted by molar-refractivity contribution is 7.91. The van der Waals surface area contributed by atoms with E-state index < -0.39 is 15.7 Å². The summed E-state index contributed by atoms with van der Waals surface area (Å²) in [6, 6.07) is 4.70. The second-order valence-corrected chi connectivity index (χ2v) is 6.99. The molecule has 0 spiro atoms. The molecule has 0 aromatic heterocycles. The number of sulfone groups is 1. The Hall–Kier alpha value is -1.76. The smallest absolute Gasteiger partial charge is 0.250 e. The van der Waals surface area contributed by atoms with Crippen LogP contribution in [0.3, 0.4) is 0 Å². The maximum Gasteiger partial charge on any atom is 0.250 e. The van der Waals surface area contributed by atoms with E-state index in [4.69, 9.17) is 11.5 Å². The second-order valence-electron chi connectivity index (χ2n) is 4.76. The summed E-state index contributed by atoms with van der Waals surface area (Å²) < 4.78 is 23.2. The minimum Gasteiger partial charge on any atom is -0.397 e. The number of hydrogen-bond acceptors (Lipinski definition) is 5. The molecule has 1 aliphatic heterocycles. The molecule has 104 valence electrons. The third kappa shape index (κ3) is 2.65. The van der Waals surface area contributed by atoms with Crippen molar-refractivity contribution in [1.29, 1.82) is 0 Å². The number of nitrogen functional groups attached to an aromatic ring is 1. The van der Waals surface area contributed by atoms with E-state index in [0.717, 1.165) is 0 Å². The third-order valence-corrected chi connectivity index (χ3v) is 5.09. The fourth-order valence-electron chi connectivity index (χ4n) is 2.41. The Morgan fingerprint density at radius 3 is 2.68 bits per heavy atom. The van der Waals surface area contributed by atoms with Gasteiger partial charge in [-0.25, -0.2) is 8.42 Å². The lowest BCUT2D eigenvalue weighted by molar-refractivity contribution is 0.100. The number of benzene rings is 1. The normalized spacial score (nSPS) is 22.2. The van der Waals surface area contributed by atoms with Gasteiger partial charge in [-0.2, -0.15) is 0 Å². The lowest BCUT2D eigenvalue weighted by Gasteiger charge is -2.36. The van der Waals surface area contributed by atoms with Crippen molar-refractivity contribution >= 4 is 27.1 Å². The first-order valence-electron chi connectivity index (χ1n) is 5.97. The van der Waals surface area contributed by atoms with E-state index in [1.54, 1.807) is 25.1 Å². The Labute approximate surface area is 112 Å². The Morgan fingerprint density at radius 2 is 2.11 bits per heavy atom. The summed E-state index contributed by atoms with van der Waals surface area (Å²) in [6.07, 6.45) is 0. The molecule has 1 aliphatic rings. The summed E-state index contributed by atoms with van der Waals surface area (Å²) in [6.45, 7) is 2.12. The van der Waals surface area contributed by atoms with Crippen LogP contribution in [0, 0.1) is 0 Å². The van der Waals surface area contributed by atoms with Gasteiger partial charge in [-0.3, -0.25) is 4.79 Å². The van der Waals surface area contributed by atoms with E-state index in [1.807, 2.05) is 4.90 Å². The van der Waals surface area contributed by atoms with E-state index in [9.17, 15) is 13.2 Å². The average Bonchev–Trinajstić information content (AvgIpc) is 2.28. The Balaban J connectivity index is 2.45. The molecule has 1 fully saturated rings. The van der Waals surface area contributed by atoms with Gasteiger partial charge in [-0.15, -0.1) is 0 Å². The van der Waals surface area contributed by atoms with Crippen molar-refractivity contribution < 1.29 is 13.2 Å². The first-order chi connectivity index (χ1) is 8.82. The molecule has 1 atom stereocenters. The average molecular weight is 283 g/mol. The van der Waals surface area contributed by atoms with Crippen molar-refractivity contribution in [3.63, 3.8) is 0 Å². The molecule has 1 saturated heterocycles. The van der Waals surface area contributed by atoms with E-state index in [0.29, 0.717) is 23.5 Å². The minimum absolute atomic E-state index is 0.0551. The molecule has 0 radical (unpaired) electrons. The number of carbonyl (C=O) groups is 1. The van der Waals surface area contributed by atoms with Crippen LogP contribution in [-0.4, -0.2) is 38.4 Å². The molecule has 1 aromatic rings. The number of nitrogens with zero attached hydrogens (tertiary/aromatic N) is 1. The van der Waals surface area contributed by atoms with Crippen LogP contribution in [-0.2, 0) is 9.84 Å². The molecule has 0 bridgehead atoms. The quantitative estimate of drug-likeness (QED) is 0.742. The number of rotatable bonds is 2. The molecular weight excluding hydrogens is 266 g/mol. The summed E-state index contributed by atoms with van der Waals surface area (Å²) in [4.78, 5) is 13.3. The van der Waals surface area contributed by atoms with Gasteiger partial charge in [0.15, 0.2) is 9.84 Å². The van der Waals surface area contributed by atoms with Gasteiger partial charge in [0.05, 0.1) is 28.4 Å². The van der Waals surface area contributed by atoms with Crippen molar-refractivity contribution in [3.8, 4) is 0 Å². The molecule has 19 heavy (non-hydrogen) atoms. The molecule has 0 aliphatic carbocycles. The van der Waals surface area contributed by atoms with Gasteiger partial charge in [0, 0.05) is 12.6 Å². The van der Waals surface area contributed by atoms with E-state index in [2.05, 4.69) is 0 Å². The largest absolute Gasteiger partial charge is 0.397 e. The fourth-order valence-corrected chi connectivity index (χ4v) is 3.97. The maximum absolute atomic E-state index is 11.6. The van der Waals surface area contributed by atoms with Crippen molar-refractivity contribution in [3.05, 3.63) is 23.8 Å². The Bertz CT molecular complexity index is 613. The number of primary amides is 1. The van der Waals surface area contributed by atoms with Gasteiger partial charge in [-0.05, 0) is 19.1 Å². The van der Waals surface area contributed by atoms with Crippen LogP contribution >= 0.6 is 0 Å². The number of para-hydroxylation sites is 1. The van der Waals surface area contributed by atoms with Crippen molar-refractivity contribution in [1.82, 2.24) is 0 Å². The molecule has 1 amide bonds. The van der Waals surface area contributed by atoms with E-state index >= 15 is 0 Å². The van der Waals surface area contributed by atoms with Gasteiger partial charge in [0.1, 0.15) is 0 Å². The van der Waals surface area contributed by atoms with Gasteiger partial charge in [0.25, 0.3) is 5.91 Å². The van der Waals surface area contributed by atoms with Gasteiger partial charge in [0.2, 0.25) is 0 Å². The predicted octanol–water partition coefficient (Wildman–Crippen LogP) is -0.00900. The zero-order chi connectivity index (χ0) is 14.2. The van der Waals surface area contributed by atoms with E-state index in [1.165, 1.54) is 0 Å². The summed E-state index contributed by atoms with van der Waals surface area (Å²) in [5, 5.41) is 0. The number of carbonyl (C=O) groups excluding carboxylic acids is 1. The van der Waals surface area contributed by atoms with Crippen molar-refractivity contribution in [2.45, 2.75) is 13.0 Å². The molecule has 4 N–H and O–H groups in total. The summed E-state index contributed by atoms with van der Waals surface area (Å²) in [5.41, 5.74) is 12.6. The molecule has 1 unspecified atom stereocenters. The van der Waals surface area contributed by atoms with Gasteiger partial charge < -0.3 is 16.4 Å². The fraction of sp³-hybridized carbons (Fsp3) is 0.417. The number of nitrogens with two attached hydrogens (primary N) is 2. The van der Waals surface area contributed by atoms with Crippen molar-refractivity contribution in [2.24, 2.45) is 5.73 Å².